The molecule has 0 aliphatic heterocycles. The number of carbonyl (C=O) groups is 2. The highest BCUT2D eigenvalue weighted by atomic mass is 32.1. The number of amides is 1. The van der Waals surface area contributed by atoms with E-state index in [9.17, 15) is 9.59 Å². The topological polar surface area (TPSA) is 73.2 Å². The van der Waals surface area contributed by atoms with Crippen LogP contribution in [0, 0.1) is 6.92 Å². The van der Waals surface area contributed by atoms with Crippen LogP contribution in [0.15, 0.2) is 30.5 Å². The number of esters is 1. The fourth-order valence-corrected chi connectivity index (χ4v) is 3.64. The summed E-state index contributed by atoms with van der Waals surface area (Å²) in [7, 11) is 0. The summed E-state index contributed by atoms with van der Waals surface area (Å²) in [5.74, 6) is -0.614. The van der Waals surface area contributed by atoms with Gasteiger partial charge >= 0.3 is 5.97 Å². The average Bonchev–Trinajstić information content (AvgIpc) is 3.13. The molecule has 1 N–H and O–H groups in total. The molecule has 1 amide bonds. The highest BCUT2D eigenvalue weighted by Gasteiger charge is 2.26. The minimum absolute atomic E-state index is 0.230. The Hall–Kier alpha value is -2.67. The number of aromatic nitrogens is 2. The summed E-state index contributed by atoms with van der Waals surface area (Å²) in [5.41, 5.74) is 2.51. The van der Waals surface area contributed by atoms with E-state index in [1.807, 2.05) is 44.4 Å². The van der Waals surface area contributed by atoms with E-state index in [-0.39, 0.29) is 17.4 Å². The molecular weight excluding hydrogens is 362 g/mol. The number of ether oxygens (including phenoxy) is 1. The van der Waals surface area contributed by atoms with E-state index in [0.717, 1.165) is 5.56 Å². The Morgan fingerprint density at radius 2 is 1.89 bits per heavy atom. The van der Waals surface area contributed by atoms with Crippen molar-refractivity contribution in [1.82, 2.24) is 9.55 Å². The first-order chi connectivity index (χ1) is 12.7. The van der Waals surface area contributed by atoms with Gasteiger partial charge in [0.05, 0.1) is 16.9 Å². The van der Waals surface area contributed by atoms with Crippen LogP contribution >= 0.6 is 11.3 Å². The smallest absolute Gasteiger partial charge is 0.341 e. The van der Waals surface area contributed by atoms with E-state index in [0.29, 0.717) is 33.2 Å². The van der Waals surface area contributed by atoms with Gasteiger partial charge in [-0.3, -0.25) is 10.1 Å². The predicted octanol–water partition coefficient (Wildman–Crippen LogP) is 4.59. The number of hydrogen-bond acceptors (Lipinski definition) is 5. The standard InChI is InChI=1S/C20H23N3O3S/c1-6-26-18(25)14-11-23(20(3,4)5)16-15(14)27-19(21-16)22-17(24)13-9-7-12(2)8-10-13/h7-11H,6H2,1-5H3,(H,21,22,24). The molecule has 142 valence electrons. The van der Waals surface area contributed by atoms with Gasteiger partial charge in [0.1, 0.15) is 0 Å². The molecule has 0 saturated heterocycles. The van der Waals surface area contributed by atoms with Gasteiger partial charge in [-0.2, -0.15) is 0 Å². The zero-order valence-corrected chi connectivity index (χ0v) is 16.9. The van der Waals surface area contributed by atoms with Crippen LogP contribution in [0.1, 0.15) is 54.0 Å². The number of anilines is 1. The van der Waals surface area contributed by atoms with Gasteiger partial charge in [0.2, 0.25) is 0 Å². The van der Waals surface area contributed by atoms with Crippen molar-refractivity contribution >= 4 is 38.7 Å². The first-order valence-corrected chi connectivity index (χ1v) is 9.60. The Morgan fingerprint density at radius 1 is 1.22 bits per heavy atom. The van der Waals surface area contributed by atoms with Gasteiger partial charge in [-0.05, 0) is 46.8 Å². The molecule has 0 saturated carbocycles. The molecule has 0 aliphatic rings. The van der Waals surface area contributed by atoms with Gasteiger partial charge in [-0.25, -0.2) is 9.78 Å². The molecule has 7 heteroatoms. The predicted molar refractivity (Wildman–Crippen MR) is 108 cm³/mol. The van der Waals surface area contributed by atoms with Crippen molar-refractivity contribution in [2.24, 2.45) is 0 Å². The Balaban J connectivity index is 1.99. The molecule has 1 aromatic carbocycles. The van der Waals surface area contributed by atoms with Gasteiger partial charge in [0, 0.05) is 17.3 Å². The molecule has 3 rings (SSSR count). The average molecular weight is 385 g/mol. The lowest BCUT2D eigenvalue weighted by molar-refractivity contribution is 0.0528. The molecule has 0 spiro atoms. The number of rotatable bonds is 4. The molecule has 0 radical (unpaired) electrons. The van der Waals surface area contributed by atoms with Crippen molar-refractivity contribution in [2.45, 2.75) is 40.2 Å². The monoisotopic (exact) mass is 385 g/mol. The fourth-order valence-electron chi connectivity index (χ4n) is 2.69. The number of aryl methyl sites for hydroxylation is 1. The molecule has 2 heterocycles. The fraction of sp³-hybridized carbons (Fsp3) is 0.350. The SMILES string of the molecule is CCOC(=O)c1cn(C(C)(C)C)c2nc(NC(=O)c3ccc(C)cc3)sc12. The molecular formula is C20H23N3O3S. The van der Waals surface area contributed by atoms with Crippen LogP contribution in [-0.2, 0) is 10.3 Å². The number of nitrogens with one attached hydrogen (secondary N) is 1. The largest absolute Gasteiger partial charge is 0.462 e. The van der Waals surface area contributed by atoms with E-state index in [4.69, 9.17) is 4.74 Å². The summed E-state index contributed by atoms with van der Waals surface area (Å²) < 4.78 is 7.82. The molecule has 0 atom stereocenters. The lowest BCUT2D eigenvalue weighted by Crippen LogP contribution is -2.21. The minimum atomic E-state index is -0.384. The molecule has 27 heavy (non-hydrogen) atoms. The van der Waals surface area contributed by atoms with Crippen LogP contribution in [0.4, 0.5) is 5.13 Å². The molecule has 3 aromatic rings. The number of thiazole rings is 1. The van der Waals surface area contributed by atoms with Crippen molar-refractivity contribution in [3.8, 4) is 0 Å². The van der Waals surface area contributed by atoms with E-state index in [2.05, 4.69) is 10.3 Å². The zero-order chi connectivity index (χ0) is 19.8. The second-order valence-electron chi connectivity index (χ2n) is 7.30. The molecule has 2 aromatic heterocycles. The molecule has 6 nitrogen and oxygen atoms in total. The molecule has 0 aliphatic carbocycles. The third-order valence-corrected chi connectivity index (χ3v) is 5.09. The van der Waals surface area contributed by atoms with Crippen LogP contribution in [0.3, 0.4) is 0 Å². The first-order valence-electron chi connectivity index (χ1n) is 8.78. The van der Waals surface area contributed by atoms with E-state index in [1.54, 1.807) is 25.3 Å². The third-order valence-electron chi connectivity index (χ3n) is 4.09. The number of hydrogen-bond donors (Lipinski definition) is 1. The quantitative estimate of drug-likeness (QED) is 0.667. The molecule has 0 bridgehead atoms. The third kappa shape index (κ3) is 3.88. The van der Waals surface area contributed by atoms with Gasteiger partial charge in [-0.1, -0.05) is 29.0 Å². The minimum Gasteiger partial charge on any atom is -0.462 e. The van der Waals surface area contributed by atoms with Crippen LogP contribution < -0.4 is 5.32 Å². The maximum atomic E-state index is 12.5. The highest BCUT2D eigenvalue weighted by molar-refractivity contribution is 7.22. The summed E-state index contributed by atoms with van der Waals surface area (Å²) in [6.45, 7) is 10.1. The van der Waals surface area contributed by atoms with Crippen LogP contribution in [0.25, 0.3) is 10.3 Å². The van der Waals surface area contributed by atoms with Gasteiger partial charge < -0.3 is 9.30 Å². The summed E-state index contributed by atoms with van der Waals surface area (Å²) in [6.07, 6.45) is 1.78. The first kappa shape index (κ1) is 19.1. The van der Waals surface area contributed by atoms with E-state index in [1.165, 1.54) is 11.3 Å². The Bertz CT molecular complexity index is 994. The van der Waals surface area contributed by atoms with Gasteiger partial charge in [0.25, 0.3) is 5.91 Å². The number of carbonyl (C=O) groups excluding carboxylic acids is 2. The van der Waals surface area contributed by atoms with E-state index >= 15 is 0 Å². The maximum absolute atomic E-state index is 12.5. The van der Waals surface area contributed by atoms with Crippen LogP contribution in [0.2, 0.25) is 0 Å². The highest BCUT2D eigenvalue weighted by Crippen LogP contribution is 2.34. The van der Waals surface area contributed by atoms with Crippen LogP contribution in [-0.4, -0.2) is 28.0 Å². The summed E-state index contributed by atoms with van der Waals surface area (Å²) in [4.78, 5) is 29.4. The number of nitrogens with zero attached hydrogens (tertiary/aromatic N) is 2. The summed E-state index contributed by atoms with van der Waals surface area (Å²) >= 11 is 1.28. The number of fused-ring (bicyclic) bond motifs is 1. The Kier molecular flexibility index (Phi) is 5.06. The van der Waals surface area contributed by atoms with Crippen molar-refractivity contribution < 1.29 is 14.3 Å². The van der Waals surface area contributed by atoms with Crippen molar-refractivity contribution in [3.63, 3.8) is 0 Å². The normalized spacial score (nSPS) is 11.6. The van der Waals surface area contributed by atoms with Crippen molar-refractivity contribution in [2.75, 3.05) is 11.9 Å². The molecule has 0 unspecified atom stereocenters. The number of benzene rings is 1. The van der Waals surface area contributed by atoms with Crippen molar-refractivity contribution in [1.29, 1.82) is 0 Å². The summed E-state index contributed by atoms with van der Waals surface area (Å²) in [6, 6.07) is 7.33. The van der Waals surface area contributed by atoms with E-state index < -0.39 is 0 Å². The zero-order valence-electron chi connectivity index (χ0n) is 16.1. The van der Waals surface area contributed by atoms with Crippen LogP contribution in [0.5, 0.6) is 0 Å². The maximum Gasteiger partial charge on any atom is 0.341 e. The Labute approximate surface area is 162 Å². The lowest BCUT2D eigenvalue weighted by atomic mass is 10.1. The second kappa shape index (κ2) is 7.15. The second-order valence-corrected chi connectivity index (χ2v) is 8.30. The van der Waals surface area contributed by atoms with Gasteiger partial charge in [-0.15, -0.1) is 0 Å². The lowest BCUT2D eigenvalue weighted by Gasteiger charge is -2.21. The summed E-state index contributed by atoms with van der Waals surface area (Å²) in [5, 5.41) is 3.29. The molecule has 0 fully saturated rings. The van der Waals surface area contributed by atoms with Gasteiger partial charge in [0.15, 0.2) is 10.8 Å². The Morgan fingerprint density at radius 3 is 2.48 bits per heavy atom. The van der Waals surface area contributed by atoms with Crippen molar-refractivity contribution in [3.05, 3.63) is 47.2 Å².